The molecule has 1 aliphatic carbocycles. The van der Waals surface area contributed by atoms with E-state index in [0.717, 1.165) is 0 Å². The third kappa shape index (κ3) is 4.82. The molecule has 2 aromatic rings. The third-order valence-electron chi connectivity index (χ3n) is 2.95. The molecule has 1 aromatic carbocycles. The molecule has 3 rings (SSSR count). The molecule has 20 heavy (non-hydrogen) atoms. The Bertz CT molecular complexity index is 524. The van der Waals surface area contributed by atoms with Crippen molar-refractivity contribution < 1.29 is 32.8 Å². The highest BCUT2D eigenvalue weighted by Gasteiger charge is 2.20. The van der Waals surface area contributed by atoms with E-state index in [1.54, 1.807) is 10.4 Å². The lowest BCUT2D eigenvalue weighted by Crippen LogP contribution is -2.68. The summed E-state index contributed by atoms with van der Waals surface area (Å²) in [5.41, 5.74) is 2.85. The van der Waals surface area contributed by atoms with E-state index in [1.165, 1.54) is 31.4 Å². The number of hydrogen-bond acceptors (Lipinski definition) is 5. The molecule has 1 heterocycles. The molecule has 0 fully saturated rings. The van der Waals surface area contributed by atoms with Gasteiger partial charge >= 0.3 is 0 Å². The highest BCUT2D eigenvalue weighted by Crippen LogP contribution is 2.23. The van der Waals surface area contributed by atoms with E-state index in [0.29, 0.717) is 0 Å². The minimum Gasteiger partial charge on any atom is -0.222 e. The van der Waals surface area contributed by atoms with Gasteiger partial charge in [0.1, 0.15) is 11.5 Å². The largest absolute Gasteiger partial charge is 0.224 e. The van der Waals surface area contributed by atoms with E-state index >= 15 is 0 Å². The minimum atomic E-state index is -4.94. The summed E-state index contributed by atoms with van der Waals surface area (Å²) in [4.78, 5) is 1.59. The summed E-state index contributed by atoms with van der Waals surface area (Å²) in [5.74, 6) is 0. The Morgan fingerprint density at radius 2 is 1.55 bits per heavy atom. The molecule has 0 bridgehead atoms. The van der Waals surface area contributed by atoms with Crippen molar-refractivity contribution >= 4 is 11.5 Å². The van der Waals surface area contributed by atoms with Crippen molar-refractivity contribution in [2.75, 3.05) is 0 Å². The van der Waals surface area contributed by atoms with Crippen LogP contribution in [0.4, 0.5) is 0 Å². The zero-order chi connectivity index (χ0) is 14.6. The summed E-state index contributed by atoms with van der Waals surface area (Å²) in [6.45, 7) is 0. The molecule has 0 N–H and O–H groups in total. The Morgan fingerprint density at radius 1 is 0.950 bits per heavy atom. The van der Waals surface area contributed by atoms with E-state index in [4.69, 9.17) is 18.6 Å². The SMILES string of the molecule is [O-][Cl+3]([O-])([O-])[O-].c1ccc(-[n+]2cc3c(s2)CCCC3)cc1. The molecule has 0 aliphatic heterocycles. The predicted molar refractivity (Wildman–Crippen MR) is 62.5 cm³/mol. The number of hydrogen-bond donors (Lipinski definition) is 0. The van der Waals surface area contributed by atoms with Gasteiger partial charge < -0.3 is 0 Å². The van der Waals surface area contributed by atoms with Crippen LogP contribution in [-0.4, -0.2) is 0 Å². The van der Waals surface area contributed by atoms with Crippen molar-refractivity contribution in [2.24, 2.45) is 0 Å². The van der Waals surface area contributed by atoms with Gasteiger partial charge in [-0.25, -0.2) is 18.6 Å². The first-order valence-electron chi connectivity index (χ1n) is 6.14. The number of aromatic nitrogens is 1. The number of nitrogens with zero attached hydrogens (tertiary/aromatic N) is 1. The Balaban J connectivity index is 0.000000257. The normalized spacial score (nSPS) is 14.2. The Morgan fingerprint density at radius 3 is 2.15 bits per heavy atom. The summed E-state index contributed by atoms with van der Waals surface area (Å²) >= 11 is 1.91. The molecule has 0 unspecified atom stereocenters. The summed E-state index contributed by atoms with van der Waals surface area (Å²) in [6.07, 6.45) is 7.58. The topological polar surface area (TPSA) is 96.1 Å². The molecular formula is C13H14ClNO4S. The fourth-order valence-corrected chi connectivity index (χ4v) is 3.28. The molecule has 0 spiro atoms. The molecule has 0 atom stereocenters. The Kier molecular flexibility index (Phi) is 5.09. The summed E-state index contributed by atoms with van der Waals surface area (Å²) in [7, 11) is -4.94. The number of benzene rings is 1. The fraction of sp³-hybridized carbons (Fsp3) is 0.308. The van der Waals surface area contributed by atoms with E-state index in [1.807, 2.05) is 11.5 Å². The Hall–Kier alpha value is -1.02. The van der Waals surface area contributed by atoms with Gasteiger partial charge in [-0.3, -0.25) is 0 Å². The summed E-state index contributed by atoms with van der Waals surface area (Å²) in [6, 6.07) is 10.6. The van der Waals surface area contributed by atoms with Crippen LogP contribution >= 0.6 is 11.5 Å². The summed E-state index contributed by atoms with van der Waals surface area (Å²) in [5, 5.41) is 0. The lowest BCUT2D eigenvalue weighted by molar-refractivity contribution is -2.00. The van der Waals surface area contributed by atoms with Crippen LogP contribution in [0.2, 0.25) is 0 Å². The monoisotopic (exact) mass is 315 g/mol. The Labute approximate surface area is 123 Å². The zero-order valence-electron chi connectivity index (χ0n) is 10.7. The first-order valence-corrected chi connectivity index (χ1v) is 8.15. The fourth-order valence-electron chi connectivity index (χ4n) is 2.13. The second-order valence-electron chi connectivity index (χ2n) is 4.42. The quantitative estimate of drug-likeness (QED) is 0.577. The van der Waals surface area contributed by atoms with Gasteiger partial charge in [-0.05, 0) is 25.7 Å². The second kappa shape index (κ2) is 6.62. The van der Waals surface area contributed by atoms with Crippen LogP contribution < -0.4 is 22.6 Å². The van der Waals surface area contributed by atoms with Crippen molar-refractivity contribution in [3.8, 4) is 5.69 Å². The molecule has 1 aromatic heterocycles. The lowest BCUT2D eigenvalue weighted by atomic mass is 10.0. The van der Waals surface area contributed by atoms with Crippen LogP contribution in [0.15, 0.2) is 36.5 Å². The van der Waals surface area contributed by atoms with Crippen molar-refractivity contribution in [1.29, 1.82) is 0 Å². The maximum atomic E-state index is 8.49. The molecule has 108 valence electrons. The average Bonchev–Trinajstić information content (AvgIpc) is 2.81. The number of halogens is 1. The predicted octanol–water partition coefficient (Wildman–Crippen LogP) is -1.85. The van der Waals surface area contributed by atoms with Crippen molar-refractivity contribution in [1.82, 2.24) is 0 Å². The molecule has 7 heteroatoms. The van der Waals surface area contributed by atoms with Gasteiger partial charge in [-0.15, -0.1) is 14.2 Å². The average molecular weight is 316 g/mol. The van der Waals surface area contributed by atoms with Crippen molar-refractivity contribution in [3.63, 3.8) is 0 Å². The van der Waals surface area contributed by atoms with E-state index in [9.17, 15) is 0 Å². The van der Waals surface area contributed by atoms with Crippen molar-refractivity contribution in [2.45, 2.75) is 25.7 Å². The highest BCUT2D eigenvalue weighted by atomic mass is 35.7. The van der Waals surface area contributed by atoms with Crippen molar-refractivity contribution in [3.05, 3.63) is 47.0 Å². The first-order chi connectivity index (χ1) is 9.43. The molecule has 0 saturated heterocycles. The molecule has 0 saturated carbocycles. The number of rotatable bonds is 1. The second-order valence-corrected chi connectivity index (χ2v) is 6.24. The van der Waals surface area contributed by atoms with Gasteiger partial charge in [0.25, 0.3) is 0 Å². The number of aryl methyl sites for hydroxylation is 2. The number of fused-ring (bicyclic) bond motifs is 1. The molecular weight excluding hydrogens is 302 g/mol. The maximum absolute atomic E-state index is 8.49. The third-order valence-corrected chi connectivity index (χ3v) is 4.15. The van der Waals surface area contributed by atoms with Gasteiger partial charge in [-0.2, -0.15) is 0 Å². The van der Waals surface area contributed by atoms with Crippen LogP contribution in [0.3, 0.4) is 0 Å². The van der Waals surface area contributed by atoms with E-state index in [2.05, 4.69) is 40.5 Å². The standard InChI is InChI=1S/C13H14NS.ClHO4/c1-2-7-12(8-3-1)14-10-11-6-4-5-9-13(11)15-14;2-1(3,4)5/h1-3,7-8,10H,4-6,9H2;(H,2,3,4,5)/q+1;/p-1. The van der Waals surface area contributed by atoms with Gasteiger partial charge in [-0.1, -0.05) is 18.2 Å². The lowest BCUT2D eigenvalue weighted by Gasteiger charge is -2.17. The van der Waals surface area contributed by atoms with Crippen LogP contribution in [0.25, 0.3) is 5.69 Å². The molecule has 0 radical (unpaired) electrons. The first kappa shape index (κ1) is 15.4. The zero-order valence-corrected chi connectivity index (χ0v) is 12.2. The van der Waals surface area contributed by atoms with Gasteiger partial charge in [0.15, 0.2) is 6.20 Å². The van der Waals surface area contributed by atoms with Gasteiger partial charge in [0.05, 0.1) is 4.88 Å². The smallest absolute Gasteiger partial charge is 0.222 e. The number of para-hydroxylation sites is 1. The van der Waals surface area contributed by atoms with E-state index < -0.39 is 10.2 Å². The van der Waals surface area contributed by atoms with Crippen LogP contribution in [-0.2, 0) is 12.8 Å². The molecule has 1 aliphatic rings. The maximum Gasteiger partial charge on any atom is 0.224 e. The highest BCUT2D eigenvalue weighted by molar-refractivity contribution is 7.02. The summed E-state index contributed by atoms with van der Waals surface area (Å²) < 4.78 is 36.3. The van der Waals surface area contributed by atoms with Gasteiger partial charge in [0.2, 0.25) is 5.69 Å². The van der Waals surface area contributed by atoms with Crippen LogP contribution in [0, 0.1) is 10.2 Å². The molecule has 0 amide bonds. The van der Waals surface area contributed by atoms with Gasteiger partial charge in [0, 0.05) is 17.7 Å². The van der Waals surface area contributed by atoms with Crippen LogP contribution in [0.5, 0.6) is 0 Å². The molecule has 5 nitrogen and oxygen atoms in total. The minimum absolute atomic E-state index is 1.27. The van der Waals surface area contributed by atoms with Crippen LogP contribution in [0.1, 0.15) is 23.3 Å². The van der Waals surface area contributed by atoms with E-state index in [-0.39, 0.29) is 0 Å².